The average Bonchev–Trinajstić information content (AvgIpc) is 2.46. The van der Waals surface area contributed by atoms with Gasteiger partial charge in [-0.25, -0.2) is 4.39 Å². The molecule has 0 spiro atoms. The molecule has 0 bridgehead atoms. The van der Waals surface area contributed by atoms with Crippen LogP contribution >= 0.6 is 0 Å². The number of rotatable bonds is 4. The molecule has 3 nitrogen and oxygen atoms in total. The van der Waals surface area contributed by atoms with Gasteiger partial charge in [0.25, 0.3) is 0 Å². The predicted molar refractivity (Wildman–Crippen MR) is 74.5 cm³/mol. The van der Waals surface area contributed by atoms with Gasteiger partial charge in [-0.05, 0) is 36.8 Å². The van der Waals surface area contributed by atoms with E-state index in [1.165, 1.54) is 6.07 Å². The van der Waals surface area contributed by atoms with Crippen molar-refractivity contribution in [2.24, 2.45) is 5.73 Å². The van der Waals surface area contributed by atoms with Gasteiger partial charge < -0.3 is 10.5 Å². The lowest BCUT2D eigenvalue weighted by atomic mass is 10.1. The minimum absolute atomic E-state index is 0.0278. The monoisotopic (exact) mass is 270 g/mol. The minimum atomic E-state index is -0.434. The summed E-state index contributed by atoms with van der Waals surface area (Å²) in [5, 5.41) is 8.67. The molecule has 0 unspecified atom stereocenters. The van der Waals surface area contributed by atoms with Crippen LogP contribution in [0.3, 0.4) is 0 Å². The first-order valence-electron chi connectivity index (χ1n) is 6.27. The van der Waals surface area contributed by atoms with Crippen LogP contribution in [0.5, 0.6) is 5.75 Å². The van der Waals surface area contributed by atoms with Crippen LogP contribution in [0.25, 0.3) is 0 Å². The summed E-state index contributed by atoms with van der Waals surface area (Å²) in [7, 11) is 0. The first kappa shape index (κ1) is 14.0. The van der Waals surface area contributed by atoms with E-state index < -0.39 is 5.82 Å². The summed E-state index contributed by atoms with van der Waals surface area (Å²) >= 11 is 0. The van der Waals surface area contributed by atoms with E-state index in [0.717, 1.165) is 5.56 Å². The first-order valence-corrected chi connectivity index (χ1v) is 6.27. The number of ether oxygens (including phenoxy) is 1. The predicted octanol–water partition coefficient (Wildman–Crippen LogP) is 3.30. The number of nitrogens with two attached hydrogens (primary N) is 1. The Morgan fingerprint density at radius 1 is 1.25 bits per heavy atom. The van der Waals surface area contributed by atoms with Gasteiger partial charge in [-0.15, -0.1) is 0 Å². The van der Waals surface area contributed by atoms with Crippen molar-refractivity contribution in [3.05, 3.63) is 65.0 Å². The number of nitrogens with zero attached hydrogens (tertiary/aromatic N) is 1. The highest BCUT2D eigenvalue weighted by molar-refractivity contribution is 5.33. The fraction of sp³-hybridized carbons (Fsp3) is 0.188. The zero-order chi connectivity index (χ0) is 14.5. The summed E-state index contributed by atoms with van der Waals surface area (Å²) in [4.78, 5) is 0. The molecule has 0 saturated carbocycles. The Balaban J connectivity index is 2.03. The van der Waals surface area contributed by atoms with E-state index in [4.69, 9.17) is 15.7 Å². The second-order valence-electron chi connectivity index (χ2n) is 4.56. The van der Waals surface area contributed by atoms with E-state index in [0.29, 0.717) is 16.9 Å². The highest BCUT2D eigenvalue weighted by atomic mass is 19.1. The van der Waals surface area contributed by atoms with Gasteiger partial charge in [0.1, 0.15) is 18.2 Å². The van der Waals surface area contributed by atoms with Gasteiger partial charge in [0.15, 0.2) is 0 Å². The molecule has 0 aliphatic carbocycles. The molecule has 1 atom stereocenters. The van der Waals surface area contributed by atoms with Crippen LogP contribution in [0.4, 0.5) is 4.39 Å². The van der Waals surface area contributed by atoms with E-state index in [2.05, 4.69) is 0 Å². The molecule has 2 rings (SSSR count). The summed E-state index contributed by atoms with van der Waals surface area (Å²) in [6.07, 6.45) is 0. The normalized spacial score (nSPS) is 11.7. The van der Waals surface area contributed by atoms with Crippen molar-refractivity contribution in [2.75, 3.05) is 0 Å². The molecule has 0 radical (unpaired) electrons. The van der Waals surface area contributed by atoms with Crippen molar-refractivity contribution >= 4 is 0 Å². The van der Waals surface area contributed by atoms with E-state index in [1.807, 2.05) is 25.1 Å². The van der Waals surface area contributed by atoms with E-state index >= 15 is 0 Å². The third-order valence-electron chi connectivity index (χ3n) is 2.98. The lowest BCUT2D eigenvalue weighted by molar-refractivity contribution is 0.299. The van der Waals surface area contributed by atoms with Crippen molar-refractivity contribution in [3.63, 3.8) is 0 Å². The second kappa shape index (κ2) is 6.18. The van der Waals surface area contributed by atoms with Crippen LogP contribution in [0, 0.1) is 17.1 Å². The van der Waals surface area contributed by atoms with Crippen LogP contribution in [0.2, 0.25) is 0 Å². The van der Waals surface area contributed by atoms with Crippen molar-refractivity contribution in [3.8, 4) is 11.8 Å². The molecule has 102 valence electrons. The smallest absolute Gasteiger partial charge is 0.131 e. The van der Waals surface area contributed by atoms with Crippen molar-refractivity contribution in [1.82, 2.24) is 0 Å². The molecule has 0 fully saturated rings. The van der Waals surface area contributed by atoms with Gasteiger partial charge >= 0.3 is 0 Å². The molecular weight excluding hydrogens is 255 g/mol. The van der Waals surface area contributed by atoms with Crippen LogP contribution in [-0.4, -0.2) is 0 Å². The second-order valence-corrected chi connectivity index (χ2v) is 4.56. The van der Waals surface area contributed by atoms with E-state index in [1.54, 1.807) is 24.3 Å². The Labute approximate surface area is 117 Å². The van der Waals surface area contributed by atoms with Crippen molar-refractivity contribution in [2.45, 2.75) is 19.6 Å². The molecule has 0 saturated heterocycles. The molecular formula is C16H15FN2O. The summed E-state index contributed by atoms with van der Waals surface area (Å²) in [5.41, 5.74) is 7.49. The zero-order valence-electron chi connectivity index (χ0n) is 11.1. The topological polar surface area (TPSA) is 59.0 Å². The standard InChI is InChI=1S/C16H15FN2O/c1-11(19)13-4-6-15(7-5-13)20-10-14-3-2-12(9-18)8-16(14)17/h2-8,11H,10,19H2,1H3/t11-/m1/s1. The number of benzene rings is 2. The first-order chi connectivity index (χ1) is 9.60. The van der Waals surface area contributed by atoms with Crippen molar-refractivity contribution in [1.29, 1.82) is 5.26 Å². The van der Waals surface area contributed by atoms with Gasteiger partial charge in [-0.3, -0.25) is 0 Å². The summed E-state index contributed by atoms with van der Waals surface area (Å²) in [6, 6.07) is 13.6. The molecule has 2 N–H and O–H groups in total. The quantitative estimate of drug-likeness (QED) is 0.927. The van der Waals surface area contributed by atoms with E-state index in [9.17, 15) is 4.39 Å². The molecule has 0 amide bonds. The molecule has 0 aliphatic rings. The Morgan fingerprint density at radius 3 is 2.50 bits per heavy atom. The minimum Gasteiger partial charge on any atom is -0.489 e. The Kier molecular flexibility index (Phi) is 4.34. The molecule has 0 aliphatic heterocycles. The van der Waals surface area contributed by atoms with Gasteiger partial charge in [0, 0.05) is 11.6 Å². The maximum atomic E-state index is 13.7. The maximum Gasteiger partial charge on any atom is 0.131 e. The number of nitriles is 1. The molecule has 20 heavy (non-hydrogen) atoms. The van der Waals surface area contributed by atoms with Crippen molar-refractivity contribution < 1.29 is 9.13 Å². The zero-order valence-corrected chi connectivity index (χ0v) is 11.1. The maximum absolute atomic E-state index is 13.7. The fourth-order valence-electron chi connectivity index (χ4n) is 1.76. The third kappa shape index (κ3) is 3.34. The number of halogens is 1. The Bertz CT molecular complexity index is 630. The lowest BCUT2D eigenvalue weighted by Crippen LogP contribution is -2.04. The van der Waals surface area contributed by atoms with Gasteiger partial charge in [0.05, 0.1) is 11.6 Å². The van der Waals surface area contributed by atoms with E-state index in [-0.39, 0.29) is 12.6 Å². The highest BCUT2D eigenvalue weighted by Gasteiger charge is 2.05. The molecule has 4 heteroatoms. The van der Waals surface area contributed by atoms with Gasteiger partial charge in [-0.1, -0.05) is 18.2 Å². The summed E-state index contributed by atoms with van der Waals surface area (Å²) in [6.45, 7) is 2.02. The number of hydrogen-bond acceptors (Lipinski definition) is 3. The molecule has 2 aromatic carbocycles. The fourth-order valence-corrected chi connectivity index (χ4v) is 1.76. The van der Waals surface area contributed by atoms with Crippen LogP contribution in [0.15, 0.2) is 42.5 Å². The average molecular weight is 270 g/mol. The van der Waals surface area contributed by atoms with Gasteiger partial charge in [0.2, 0.25) is 0 Å². The Morgan fingerprint density at radius 2 is 1.95 bits per heavy atom. The molecule has 2 aromatic rings. The highest BCUT2D eigenvalue weighted by Crippen LogP contribution is 2.18. The molecule has 0 heterocycles. The SMILES string of the molecule is C[C@@H](N)c1ccc(OCc2ccc(C#N)cc2F)cc1. The van der Waals surface area contributed by atoms with Crippen LogP contribution in [-0.2, 0) is 6.61 Å². The van der Waals surface area contributed by atoms with Crippen LogP contribution in [0.1, 0.15) is 29.7 Å². The summed E-state index contributed by atoms with van der Waals surface area (Å²) < 4.78 is 19.2. The molecule has 0 aromatic heterocycles. The van der Waals surface area contributed by atoms with Gasteiger partial charge in [-0.2, -0.15) is 5.26 Å². The van der Waals surface area contributed by atoms with Crippen LogP contribution < -0.4 is 10.5 Å². The third-order valence-corrected chi connectivity index (χ3v) is 2.98. The summed E-state index contributed by atoms with van der Waals surface area (Å²) in [5.74, 6) is 0.217. The largest absolute Gasteiger partial charge is 0.489 e. The number of hydrogen-bond donors (Lipinski definition) is 1. The lowest BCUT2D eigenvalue weighted by Gasteiger charge is -2.09. The Hall–Kier alpha value is -2.38.